The van der Waals surface area contributed by atoms with Crippen molar-refractivity contribution in [3.63, 3.8) is 0 Å². The lowest BCUT2D eigenvalue weighted by atomic mass is 9.90. The number of carbonyl (C=O) groups excluding carboxylic acids is 3. The van der Waals surface area contributed by atoms with E-state index in [0.717, 1.165) is 0 Å². The lowest BCUT2D eigenvalue weighted by Crippen LogP contribution is -2.43. The molecule has 10 nitrogen and oxygen atoms in total. The van der Waals surface area contributed by atoms with E-state index in [-0.39, 0.29) is 11.4 Å². The minimum Gasteiger partial charge on any atom is -0.481 e. The van der Waals surface area contributed by atoms with E-state index in [1.807, 2.05) is 0 Å². The number of nitrogens with two attached hydrogens (primary N) is 2. The molecule has 148 valence electrons. The molecule has 0 heterocycles. The molecule has 26 heavy (non-hydrogen) atoms. The van der Waals surface area contributed by atoms with Crippen LogP contribution in [0.1, 0.15) is 26.2 Å². The van der Waals surface area contributed by atoms with Crippen LogP contribution in [0.3, 0.4) is 0 Å². The van der Waals surface area contributed by atoms with Gasteiger partial charge in [-0.2, -0.15) is 0 Å². The molecule has 0 saturated carbocycles. The van der Waals surface area contributed by atoms with Crippen molar-refractivity contribution >= 4 is 40.6 Å². The standard InChI is InChI=1S/C15H25N3O7S/c1-7(20)10(15(24)25)4-9(21)2-8(3-13(17)22)14(23)18-5-12(26)11(16)6-19/h7-8,10-11,19-20H,2-6,16H2,1H3,(H2,17,22)(H,18,23)(H,24,25)/t7?,8-,10-,11-/m0/s1. The quantitative estimate of drug-likeness (QED) is 0.187. The normalized spacial score (nSPS) is 15.4. The van der Waals surface area contributed by atoms with Gasteiger partial charge in [-0.1, -0.05) is 12.2 Å². The third kappa shape index (κ3) is 8.94. The number of hydrogen-bond donors (Lipinski definition) is 6. The van der Waals surface area contributed by atoms with Gasteiger partial charge in [0.2, 0.25) is 11.8 Å². The number of hydrogen-bond acceptors (Lipinski definition) is 8. The predicted molar refractivity (Wildman–Crippen MR) is 95.0 cm³/mol. The lowest BCUT2D eigenvalue weighted by Gasteiger charge is -2.18. The zero-order chi connectivity index (χ0) is 20.4. The predicted octanol–water partition coefficient (Wildman–Crippen LogP) is -2.29. The Morgan fingerprint density at radius 3 is 2.15 bits per heavy atom. The van der Waals surface area contributed by atoms with Crippen molar-refractivity contribution in [2.24, 2.45) is 23.3 Å². The van der Waals surface area contributed by atoms with E-state index >= 15 is 0 Å². The largest absolute Gasteiger partial charge is 0.481 e. The van der Waals surface area contributed by atoms with Crippen molar-refractivity contribution < 1.29 is 34.5 Å². The van der Waals surface area contributed by atoms with Gasteiger partial charge in [-0.05, 0) is 6.92 Å². The summed E-state index contributed by atoms with van der Waals surface area (Å²) in [5, 5.41) is 29.7. The number of thiocarbonyl (C=S) groups is 1. The van der Waals surface area contributed by atoms with Crippen LogP contribution >= 0.6 is 12.2 Å². The first-order valence-corrected chi connectivity index (χ1v) is 8.28. The average molecular weight is 391 g/mol. The average Bonchev–Trinajstić information content (AvgIpc) is 2.54. The minimum absolute atomic E-state index is 0.134. The summed E-state index contributed by atoms with van der Waals surface area (Å²) in [5.74, 6) is -5.83. The van der Waals surface area contributed by atoms with Gasteiger partial charge in [-0.15, -0.1) is 0 Å². The van der Waals surface area contributed by atoms with E-state index in [1.165, 1.54) is 6.92 Å². The molecule has 0 radical (unpaired) electrons. The third-order valence-corrected chi connectivity index (χ3v) is 4.13. The number of ketones is 1. The molecule has 0 rings (SSSR count). The number of carboxylic acid groups (broad SMARTS) is 1. The highest BCUT2D eigenvalue weighted by Crippen LogP contribution is 2.16. The van der Waals surface area contributed by atoms with Gasteiger partial charge in [0.05, 0.1) is 37.1 Å². The van der Waals surface area contributed by atoms with E-state index in [4.69, 9.17) is 33.9 Å². The molecule has 0 fully saturated rings. The number of rotatable bonds is 13. The molecule has 4 atom stereocenters. The van der Waals surface area contributed by atoms with E-state index in [1.54, 1.807) is 0 Å². The molecule has 0 aromatic heterocycles. The summed E-state index contributed by atoms with van der Waals surface area (Å²) in [6.07, 6.45) is -2.56. The van der Waals surface area contributed by atoms with Crippen molar-refractivity contribution in [1.82, 2.24) is 5.32 Å². The maximum atomic E-state index is 12.2. The fraction of sp³-hybridized carbons (Fsp3) is 0.667. The summed E-state index contributed by atoms with van der Waals surface area (Å²) < 4.78 is 0. The first kappa shape index (κ1) is 24.1. The van der Waals surface area contributed by atoms with Crippen LogP contribution < -0.4 is 16.8 Å². The Balaban J connectivity index is 4.90. The monoisotopic (exact) mass is 391 g/mol. The van der Waals surface area contributed by atoms with Crippen LogP contribution in [0.25, 0.3) is 0 Å². The van der Waals surface area contributed by atoms with Crippen LogP contribution in [-0.2, 0) is 19.2 Å². The highest BCUT2D eigenvalue weighted by molar-refractivity contribution is 7.80. The molecule has 0 aliphatic rings. The van der Waals surface area contributed by atoms with E-state index in [0.29, 0.717) is 0 Å². The second-order valence-corrected chi connectivity index (χ2v) is 6.50. The van der Waals surface area contributed by atoms with Crippen molar-refractivity contribution in [2.45, 2.75) is 38.3 Å². The maximum Gasteiger partial charge on any atom is 0.309 e. The van der Waals surface area contributed by atoms with Gasteiger partial charge in [-0.3, -0.25) is 19.2 Å². The molecule has 0 aromatic carbocycles. The van der Waals surface area contributed by atoms with Gasteiger partial charge in [0, 0.05) is 24.1 Å². The Kier molecular flexibility index (Phi) is 10.8. The number of carboxylic acids is 1. The Morgan fingerprint density at radius 1 is 1.15 bits per heavy atom. The fourth-order valence-corrected chi connectivity index (χ4v) is 2.27. The maximum absolute atomic E-state index is 12.2. The van der Waals surface area contributed by atoms with Crippen molar-refractivity contribution in [3.05, 3.63) is 0 Å². The van der Waals surface area contributed by atoms with Crippen molar-refractivity contribution in [3.8, 4) is 0 Å². The number of aliphatic carboxylic acids is 1. The smallest absolute Gasteiger partial charge is 0.309 e. The number of Topliss-reactive ketones (excluding diaryl/α,β-unsaturated/α-hetero) is 1. The van der Waals surface area contributed by atoms with Gasteiger partial charge in [0.1, 0.15) is 5.78 Å². The number of aliphatic hydroxyl groups is 2. The minimum atomic E-state index is -1.34. The lowest BCUT2D eigenvalue weighted by molar-refractivity contribution is -0.147. The third-order valence-electron chi connectivity index (χ3n) is 3.69. The molecule has 0 bridgehead atoms. The van der Waals surface area contributed by atoms with Gasteiger partial charge >= 0.3 is 5.97 Å². The molecule has 0 spiro atoms. The molecular formula is C15H25N3O7S. The van der Waals surface area contributed by atoms with Gasteiger partial charge in [0.25, 0.3) is 0 Å². The molecule has 0 saturated heterocycles. The van der Waals surface area contributed by atoms with Gasteiger partial charge < -0.3 is 32.1 Å². The zero-order valence-corrected chi connectivity index (χ0v) is 15.2. The molecule has 0 aliphatic heterocycles. The van der Waals surface area contributed by atoms with Crippen molar-refractivity contribution in [1.29, 1.82) is 0 Å². The van der Waals surface area contributed by atoms with Crippen LogP contribution in [0.5, 0.6) is 0 Å². The number of nitrogens with one attached hydrogen (secondary N) is 1. The van der Waals surface area contributed by atoms with Crippen molar-refractivity contribution in [2.75, 3.05) is 13.2 Å². The summed E-state index contributed by atoms with van der Waals surface area (Å²) in [4.78, 5) is 46.6. The molecule has 0 aromatic rings. The fourth-order valence-electron chi connectivity index (χ4n) is 2.12. The molecule has 1 unspecified atom stereocenters. The molecule has 0 aliphatic carbocycles. The zero-order valence-electron chi connectivity index (χ0n) is 14.4. The summed E-state index contributed by atoms with van der Waals surface area (Å²) in [5.41, 5.74) is 10.6. The van der Waals surface area contributed by atoms with E-state index < -0.39 is 73.4 Å². The highest BCUT2D eigenvalue weighted by Gasteiger charge is 2.29. The second-order valence-electron chi connectivity index (χ2n) is 5.97. The SMILES string of the molecule is CC(O)[C@H](CC(=O)C[C@@H](CC(N)=O)C(=O)NCC(=S)[C@@H](N)CO)C(=O)O. The number of aliphatic hydroxyl groups excluding tert-OH is 2. The Hall–Kier alpha value is -1.95. The summed E-state index contributed by atoms with van der Waals surface area (Å²) >= 11 is 4.92. The molecule has 2 amide bonds. The Morgan fingerprint density at radius 2 is 1.73 bits per heavy atom. The summed E-state index contributed by atoms with van der Waals surface area (Å²) in [6.45, 7) is 0.712. The van der Waals surface area contributed by atoms with E-state index in [9.17, 15) is 24.3 Å². The summed E-state index contributed by atoms with van der Waals surface area (Å²) in [6, 6.07) is -0.802. The Bertz CT molecular complexity index is 553. The van der Waals surface area contributed by atoms with Crippen LogP contribution in [-0.4, -0.2) is 69.0 Å². The topological polar surface area (TPSA) is 193 Å². The molecule has 11 heteroatoms. The first-order chi connectivity index (χ1) is 12.0. The Labute approximate surface area is 155 Å². The number of carbonyl (C=O) groups is 4. The van der Waals surface area contributed by atoms with Crippen LogP contribution in [0.4, 0.5) is 0 Å². The van der Waals surface area contributed by atoms with Crippen LogP contribution in [0.2, 0.25) is 0 Å². The van der Waals surface area contributed by atoms with Crippen LogP contribution in [0.15, 0.2) is 0 Å². The first-order valence-electron chi connectivity index (χ1n) is 7.87. The molecule has 8 N–H and O–H groups in total. The van der Waals surface area contributed by atoms with E-state index in [2.05, 4.69) is 5.32 Å². The second kappa shape index (κ2) is 11.6. The number of primary amides is 1. The summed E-state index contributed by atoms with van der Waals surface area (Å²) in [7, 11) is 0. The van der Waals surface area contributed by atoms with Gasteiger partial charge in [0.15, 0.2) is 0 Å². The number of amides is 2. The molecular weight excluding hydrogens is 366 g/mol. The van der Waals surface area contributed by atoms with Gasteiger partial charge in [-0.25, -0.2) is 0 Å². The van der Waals surface area contributed by atoms with Crippen LogP contribution in [0, 0.1) is 11.8 Å². The highest BCUT2D eigenvalue weighted by atomic mass is 32.1.